The van der Waals surface area contributed by atoms with E-state index in [1.807, 2.05) is 6.92 Å². The quantitative estimate of drug-likeness (QED) is 0.0381. The number of terminal acetylenes is 1. The predicted octanol–water partition coefficient (Wildman–Crippen LogP) is 14.7. The van der Waals surface area contributed by atoms with Crippen LogP contribution >= 0.6 is 20.9 Å². The second-order valence-corrected chi connectivity index (χ2v) is 25.8. The number of rotatable bonds is 6. The molecular weight excluding hydrogens is 1330 g/mol. The van der Waals surface area contributed by atoms with Crippen molar-refractivity contribution in [2.24, 2.45) is 0 Å². The van der Waals surface area contributed by atoms with Gasteiger partial charge in [-0.25, -0.2) is 34.4 Å². The van der Waals surface area contributed by atoms with Crippen LogP contribution in [0.15, 0.2) is 131 Å². The van der Waals surface area contributed by atoms with Crippen LogP contribution in [0.3, 0.4) is 0 Å². The van der Waals surface area contributed by atoms with Crippen molar-refractivity contribution in [1.82, 2.24) is 0 Å². The van der Waals surface area contributed by atoms with Crippen molar-refractivity contribution >= 4 is 102 Å². The fraction of sp³-hybridized carbons (Fsp3) is 0.184. The number of fused-ring (bicyclic) bond motifs is 6. The Morgan fingerprint density at radius 3 is 1.10 bits per heavy atom. The average molecular weight is 1370 g/mol. The van der Waals surface area contributed by atoms with Crippen LogP contribution in [0.2, 0.25) is 0 Å². The van der Waals surface area contributed by atoms with Crippen molar-refractivity contribution in [2.75, 3.05) is 13.2 Å². The average Bonchev–Trinajstić information content (AvgIpc) is 1.72. The Balaban J connectivity index is 0.000000278. The van der Waals surface area contributed by atoms with Crippen LogP contribution in [0, 0.1) is 61.3 Å². The Hall–Kier alpha value is -6.81. The van der Waals surface area contributed by atoms with Gasteiger partial charge < -0.3 is 9.11 Å². The van der Waals surface area contributed by atoms with E-state index in [1.54, 1.807) is 37.1 Å². The molecule has 0 aliphatic heterocycles. The molecule has 468 valence electrons. The molecule has 1 atom stereocenters. The first-order chi connectivity index (χ1) is 39.0. The Morgan fingerprint density at radius 1 is 0.465 bits per heavy atom. The van der Waals surface area contributed by atoms with Gasteiger partial charge in [-0.05, 0) is 86.6 Å². The molecule has 0 fully saturated rings. The van der Waals surface area contributed by atoms with Gasteiger partial charge in [-0.3, -0.25) is 8.37 Å². The molecule has 86 heavy (non-hydrogen) atoms. The molecule has 2 aromatic heterocycles. The third kappa shape index (κ3) is 21.0. The SMILES string of the molecule is C#CCOS(=O)(=O)c1ccc(C)cc1.Cc1ccc(S(=O)(=O)OCC#CC(F)(F)F)cc1.Fc1ccc2c(c1)c1cc(F)ccc1[s+]2C(F)(F)F.Fc1ccc2c(c1)c1cccc(F)c1[s+]2C(F)(F)F.O=S(=O)([O-])C(F)(F)F.O=S(=O)([O-])C(F)(F)F. The predicted molar refractivity (Wildman–Crippen MR) is 273 cm³/mol. The molecule has 0 amide bonds. The lowest BCUT2D eigenvalue weighted by Crippen LogP contribution is -2.21. The Morgan fingerprint density at radius 2 is 0.791 bits per heavy atom. The minimum atomic E-state index is -6.09. The van der Waals surface area contributed by atoms with Crippen LogP contribution in [-0.2, 0) is 59.9 Å². The van der Waals surface area contributed by atoms with Crippen LogP contribution in [0.1, 0.15) is 11.1 Å². The summed E-state index contributed by atoms with van der Waals surface area (Å²) in [6.45, 7) is 2.57. The van der Waals surface area contributed by atoms with Crippen molar-refractivity contribution in [3.63, 3.8) is 0 Å². The summed E-state index contributed by atoms with van der Waals surface area (Å²) in [6.07, 6.45) is 0.243. The van der Waals surface area contributed by atoms with E-state index in [2.05, 4.69) is 14.3 Å². The highest BCUT2D eigenvalue weighted by Crippen LogP contribution is 2.55. The first-order valence-electron chi connectivity index (χ1n) is 21.8. The number of halogens is 19. The first kappa shape index (κ1) is 73.4. The van der Waals surface area contributed by atoms with Gasteiger partial charge in [0, 0.05) is 24.1 Å². The molecule has 0 N–H and O–H groups in total. The summed E-state index contributed by atoms with van der Waals surface area (Å²) < 4.78 is 339. The second-order valence-electron chi connectivity index (χ2n) is 15.9. The summed E-state index contributed by atoms with van der Waals surface area (Å²) in [4.78, 5) is 0.000240. The van der Waals surface area contributed by atoms with Crippen LogP contribution in [0.25, 0.3) is 40.3 Å². The summed E-state index contributed by atoms with van der Waals surface area (Å²) in [7, 11) is -24.4. The maximum Gasteiger partial charge on any atom is 0.601 e. The zero-order chi connectivity index (χ0) is 66.0. The van der Waals surface area contributed by atoms with Crippen LogP contribution in [0.5, 0.6) is 0 Å². The molecule has 0 bridgehead atoms. The molecule has 8 aromatic rings. The topological polar surface area (TPSA) is 201 Å². The standard InChI is InChI=1S/2C13H6F5S.C11H9F3O3S.C10H10O3S.2CHF3O3S/c14-7-1-3-11-9(5-7)10-6-8(15)2-4-12(10)19(11)13(16,17)18;14-7-4-5-11-9(6-7)8-2-1-3-10(15)12(8)19(11)13(16,17)18;1-9-3-5-10(6-4-9)18(15,16)17-8-2-7-11(12,13)14;1-3-8-13-14(11,12)10-6-4-9(2)5-7-10;2*2-1(3,4)8(5,6)7/h2*1-6H;3-6H,8H2,1H3;1,4-7H,8H2,2H3;2*(H,5,6,7)/q2*+1;;;;/p-2. The zero-order valence-electron chi connectivity index (χ0n) is 42.1. The molecule has 8 rings (SSSR count). The molecule has 0 spiro atoms. The van der Waals surface area contributed by atoms with Gasteiger partial charge in [0.2, 0.25) is 4.70 Å². The van der Waals surface area contributed by atoms with E-state index in [0.29, 0.717) is 0 Å². The van der Waals surface area contributed by atoms with E-state index >= 15 is 0 Å². The van der Waals surface area contributed by atoms with Crippen molar-refractivity contribution < 1.29 is 135 Å². The van der Waals surface area contributed by atoms with E-state index in [0.717, 1.165) is 77.7 Å². The fourth-order valence-electron chi connectivity index (χ4n) is 6.22. The van der Waals surface area contributed by atoms with E-state index in [4.69, 9.17) is 32.4 Å². The lowest BCUT2D eigenvalue weighted by molar-refractivity contribution is -0.0871. The number of alkyl halides is 15. The van der Waals surface area contributed by atoms with Gasteiger partial charge in [0.25, 0.3) is 20.2 Å². The Bertz CT molecular complexity index is 4150. The third-order valence-corrected chi connectivity index (χ3v) is 17.5. The monoisotopic (exact) mass is 1360 g/mol. The van der Waals surface area contributed by atoms with E-state index < -0.39 is 124 Å². The summed E-state index contributed by atoms with van der Waals surface area (Å²) in [6, 6.07) is 25.1. The van der Waals surface area contributed by atoms with Crippen LogP contribution in [0.4, 0.5) is 83.4 Å². The fourth-order valence-corrected chi connectivity index (χ4v) is 11.7. The normalized spacial score (nSPS) is 12.6. The maximum atomic E-state index is 13.7. The molecule has 6 aromatic carbocycles. The highest BCUT2D eigenvalue weighted by Gasteiger charge is 2.49. The van der Waals surface area contributed by atoms with Crippen LogP contribution in [-0.4, -0.2) is 73.2 Å². The van der Waals surface area contributed by atoms with E-state index in [-0.39, 0.29) is 52.0 Å². The molecule has 1 unspecified atom stereocenters. The highest BCUT2D eigenvalue weighted by molar-refractivity contribution is 7.87. The van der Waals surface area contributed by atoms with E-state index in [9.17, 15) is 100 Å². The third-order valence-electron chi connectivity index (χ3n) is 9.70. The van der Waals surface area contributed by atoms with Crippen molar-refractivity contribution in [1.29, 1.82) is 0 Å². The molecular formula is C49H31F19O12S6. The van der Waals surface area contributed by atoms with Gasteiger partial charge in [0.15, 0.2) is 40.2 Å². The zero-order valence-corrected chi connectivity index (χ0v) is 47.0. The van der Waals surface area contributed by atoms with Gasteiger partial charge in [-0.2, -0.15) is 56.3 Å². The summed E-state index contributed by atoms with van der Waals surface area (Å²) in [5, 5.41) is 0.482. The second kappa shape index (κ2) is 28.4. The number of hydrogen-bond acceptors (Lipinski definition) is 12. The van der Waals surface area contributed by atoms with Crippen molar-refractivity contribution in [3.05, 3.63) is 156 Å². The minimum absolute atomic E-state index is 0.00509. The minimum Gasteiger partial charge on any atom is -0.741 e. The Kier molecular flexibility index (Phi) is 24.2. The molecule has 0 aliphatic rings. The molecule has 37 heteroatoms. The molecule has 0 saturated heterocycles. The van der Waals surface area contributed by atoms with E-state index in [1.165, 1.54) is 36.4 Å². The summed E-state index contributed by atoms with van der Waals surface area (Å²) >= 11 is 0. The van der Waals surface area contributed by atoms with Crippen molar-refractivity contribution in [3.8, 4) is 24.2 Å². The molecule has 2 heterocycles. The summed E-state index contributed by atoms with van der Waals surface area (Å²) in [5.74, 6) is 1.79. The molecule has 0 aliphatic carbocycles. The van der Waals surface area contributed by atoms with Gasteiger partial charge in [-0.15, -0.1) is 32.8 Å². The number of aryl methyl sites for hydroxylation is 2. The molecule has 12 nitrogen and oxygen atoms in total. The Labute approximate surface area is 479 Å². The number of benzene rings is 6. The number of hydrogen-bond donors (Lipinski definition) is 0. The molecule has 0 radical (unpaired) electrons. The molecule has 0 saturated carbocycles. The first-order valence-corrected chi connectivity index (χ1v) is 29.9. The van der Waals surface area contributed by atoms with Crippen LogP contribution < -0.4 is 0 Å². The summed E-state index contributed by atoms with van der Waals surface area (Å²) in [5.41, 5.74) is -18.5. The van der Waals surface area contributed by atoms with Gasteiger partial charge >= 0.3 is 28.2 Å². The maximum absolute atomic E-state index is 13.7. The van der Waals surface area contributed by atoms with Gasteiger partial charge in [-0.1, -0.05) is 53.3 Å². The largest absolute Gasteiger partial charge is 0.741 e. The highest BCUT2D eigenvalue weighted by atomic mass is 32.2. The lowest BCUT2D eigenvalue weighted by Gasteiger charge is -2.08. The van der Waals surface area contributed by atoms with Gasteiger partial charge in [0.1, 0.15) is 51.6 Å². The lowest BCUT2D eigenvalue weighted by atomic mass is 10.1. The number of thiophene rings is 2. The smallest absolute Gasteiger partial charge is 0.601 e. The van der Waals surface area contributed by atoms with Gasteiger partial charge in [0.05, 0.1) is 31.3 Å². The van der Waals surface area contributed by atoms with Crippen molar-refractivity contribution in [2.45, 2.75) is 51.8 Å².